The molecular weight excluding hydrogens is 725 g/mol. The van der Waals surface area contributed by atoms with Gasteiger partial charge in [0, 0.05) is 6.42 Å². The first-order valence-electron chi connectivity index (χ1n) is 25.8. The van der Waals surface area contributed by atoms with E-state index in [0.29, 0.717) is 0 Å². The molecule has 0 heterocycles. The van der Waals surface area contributed by atoms with Crippen molar-refractivity contribution in [3.8, 4) is 11.8 Å². The van der Waals surface area contributed by atoms with Crippen LogP contribution in [-0.4, -0.2) is 11.4 Å². The topological polar surface area (TPSA) is 24.7 Å². The second-order valence-electron chi connectivity index (χ2n) is 17.5. The summed E-state index contributed by atoms with van der Waals surface area (Å²) in [5.74, 6) is 7.04. The number of hydrogen-bond acceptors (Lipinski definition) is 2. The van der Waals surface area contributed by atoms with E-state index in [4.69, 9.17) is 9.98 Å². The first-order chi connectivity index (χ1) is 29.7. The van der Waals surface area contributed by atoms with Crippen molar-refractivity contribution in [2.24, 2.45) is 9.98 Å². The van der Waals surface area contributed by atoms with E-state index in [1.54, 1.807) is 0 Å². The van der Waals surface area contributed by atoms with Crippen molar-refractivity contribution < 1.29 is 0 Å². The molecule has 0 aliphatic carbocycles. The molecule has 0 saturated carbocycles. The van der Waals surface area contributed by atoms with E-state index in [9.17, 15) is 0 Å². The van der Waals surface area contributed by atoms with Gasteiger partial charge < -0.3 is 0 Å². The molecule has 0 bridgehead atoms. The molecule has 2 aromatic carbocycles. The Labute approximate surface area is 373 Å². The van der Waals surface area contributed by atoms with Gasteiger partial charge in [-0.25, -0.2) is 4.99 Å². The summed E-state index contributed by atoms with van der Waals surface area (Å²) in [4.78, 5) is 10.8. The molecule has 0 aliphatic heterocycles. The molecule has 2 heteroatoms. The third-order valence-electron chi connectivity index (χ3n) is 11.8. The molecular formula is C58H92N2. The molecule has 60 heavy (non-hydrogen) atoms. The van der Waals surface area contributed by atoms with Crippen LogP contribution >= 0.6 is 0 Å². The summed E-state index contributed by atoms with van der Waals surface area (Å²) in [7, 11) is 0. The molecule has 0 spiro atoms. The molecule has 334 valence electrons. The van der Waals surface area contributed by atoms with E-state index in [2.05, 4.69) is 112 Å². The van der Waals surface area contributed by atoms with Crippen LogP contribution in [0.2, 0.25) is 0 Å². The average Bonchev–Trinajstić information content (AvgIpc) is 3.27. The molecule has 2 nitrogen and oxygen atoms in total. The van der Waals surface area contributed by atoms with Gasteiger partial charge >= 0.3 is 0 Å². The lowest BCUT2D eigenvalue weighted by Gasteiger charge is -2.11. The first-order valence-corrected chi connectivity index (χ1v) is 25.8. The van der Waals surface area contributed by atoms with Crippen molar-refractivity contribution in [1.82, 2.24) is 0 Å². The van der Waals surface area contributed by atoms with E-state index in [-0.39, 0.29) is 0 Å². The SMILES string of the molecule is CCCCC#CC(=Nc1ccccc1CCC/C=C/CCCCCCCCCCCC)C(CCCC)=Nc1ccccc1CCC/C=C/CCCCCCCCCCCC. The monoisotopic (exact) mass is 817 g/mol. The molecule has 0 radical (unpaired) electrons. The summed E-state index contributed by atoms with van der Waals surface area (Å²) < 4.78 is 0. The lowest BCUT2D eigenvalue weighted by Crippen LogP contribution is -2.13. The quantitative estimate of drug-likeness (QED) is 0.0279. The van der Waals surface area contributed by atoms with Crippen molar-refractivity contribution in [3.05, 3.63) is 84.0 Å². The van der Waals surface area contributed by atoms with Crippen molar-refractivity contribution in [2.45, 2.75) is 246 Å². The molecule has 0 N–H and O–H groups in total. The minimum absolute atomic E-state index is 0.855. The van der Waals surface area contributed by atoms with E-state index in [1.165, 1.54) is 152 Å². The maximum atomic E-state index is 5.41. The van der Waals surface area contributed by atoms with Crippen LogP contribution in [0.25, 0.3) is 0 Å². The van der Waals surface area contributed by atoms with E-state index in [1.807, 2.05) is 0 Å². The van der Waals surface area contributed by atoms with Crippen molar-refractivity contribution in [2.75, 3.05) is 0 Å². The third kappa shape index (κ3) is 28.4. The van der Waals surface area contributed by atoms with Crippen LogP contribution in [0.5, 0.6) is 0 Å². The number of benzene rings is 2. The lowest BCUT2D eigenvalue weighted by atomic mass is 10.0. The van der Waals surface area contributed by atoms with Gasteiger partial charge in [0.15, 0.2) is 0 Å². The van der Waals surface area contributed by atoms with Gasteiger partial charge in [0.1, 0.15) is 5.71 Å². The van der Waals surface area contributed by atoms with Gasteiger partial charge in [-0.2, -0.15) is 0 Å². The molecule has 0 aliphatic rings. The lowest BCUT2D eigenvalue weighted by molar-refractivity contribution is 0.557. The maximum Gasteiger partial charge on any atom is 0.135 e. The molecule has 0 saturated heterocycles. The van der Waals surface area contributed by atoms with Gasteiger partial charge in [-0.15, -0.1) is 0 Å². The Balaban J connectivity index is 1.99. The zero-order chi connectivity index (χ0) is 42.8. The number of aryl methyl sites for hydroxylation is 2. The minimum Gasteiger partial charge on any atom is -0.250 e. The number of rotatable bonds is 38. The van der Waals surface area contributed by atoms with Crippen LogP contribution in [0.4, 0.5) is 11.4 Å². The van der Waals surface area contributed by atoms with Crippen LogP contribution in [0.1, 0.15) is 244 Å². The molecule has 2 rings (SSSR count). The predicted molar refractivity (Wildman–Crippen MR) is 271 cm³/mol. The van der Waals surface area contributed by atoms with Crippen molar-refractivity contribution in [1.29, 1.82) is 0 Å². The highest BCUT2D eigenvalue weighted by atomic mass is 14.8. The Bertz CT molecular complexity index is 1480. The average molecular weight is 817 g/mol. The number of hydrogen-bond donors (Lipinski definition) is 0. The number of para-hydroxylation sites is 2. The summed E-state index contributed by atoms with van der Waals surface area (Å²) in [6, 6.07) is 17.5. The van der Waals surface area contributed by atoms with Crippen LogP contribution in [0, 0.1) is 11.8 Å². The van der Waals surface area contributed by atoms with Gasteiger partial charge in [-0.1, -0.05) is 223 Å². The Morgan fingerprint density at radius 1 is 0.417 bits per heavy atom. The van der Waals surface area contributed by atoms with Gasteiger partial charge in [0.25, 0.3) is 0 Å². The van der Waals surface area contributed by atoms with Gasteiger partial charge in [0.2, 0.25) is 0 Å². The molecule has 0 unspecified atom stereocenters. The fourth-order valence-corrected chi connectivity index (χ4v) is 7.87. The highest BCUT2D eigenvalue weighted by Crippen LogP contribution is 2.25. The third-order valence-corrected chi connectivity index (χ3v) is 11.8. The number of aliphatic imine (C=N–C) groups is 2. The normalized spacial score (nSPS) is 12.2. The summed E-state index contributed by atoms with van der Waals surface area (Å²) >= 11 is 0. The molecule has 0 fully saturated rings. The Morgan fingerprint density at radius 3 is 1.25 bits per heavy atom. The van der Waals surface area contributed by atoms with Crippen LogP contribution < -0.4 is 0 Å². The second kappa shape index (κ2) is 39.9. The summed E-state index contributed by atoms with van der Waals surface area (Å²) in [6.07, 6.45) is 52.9. The van der Waals surface area contributed by atoms with Crippen molar-refractivity contribution in [3.63, 3.8) is 0 Å². The predicted octanol–water partition coefficient (Wildman–Crippen LogP) is 19.3. The maximum absolute atomic E-state index is 5.41. The molecule has 2 aromatic rings. The standard InChI is InChI=1S/C58H92N2/c1-5-9-13-16-18-20-22-24-26-28-30-32-34-36-38-45-53-47-41-43-50-55(53)59-57(49-12-8-4)58(52-40-15-11-7-3)60-56-51-44-42-48-54(56)46-39-37-35-33-31-29-27-25-23-21-19-17-14-10-6-2/h32-35,41-44,47-48,50-51H,5-31,36-39,45-46,49H2,1-4H3/b34-32+,35-33+,59-57?,60-58?. The summed E-state index contributed by atoms with van der Waals surface area (Å²) in [5.41, 5.74) is 6.66. The van der Waals surface area contributed by atoms with Crippen LogP contribution in [0.3, 0.4) is 0 Å². The summed E-state index contributed by atoms with van der Waals surface area (Å²) in [6.45, 7) is 9.10. The van der Waals surface area contributed by atoms with Gasteiger partial charge in [-0.05, 0) is 113 Å². The number of nitrogens with zero attached hydrogens (tertiary/aromatic N) is 2. The second-order valence-corrected chi connectivity index (χ2v) is 17.5. The van der Waals surface area contributed by atoms with Crippen molar-refractivity contribution >= 4 is 22.8 Å². The largest absolute Gasteiger partial charge is 0.250 e. The molecule has 0 aromatic heterocycles. The fourth-order valence-electron chi connectivity index (χ4n) is 7.87. The highest BCUT2D eigenvalue weighted by Gasteiger charge is 2.12. The fraction of sp³-hybridized carbons (Fsp3) is 0.655. The number of allylic oxidation sites excluding steroid dienone is 4. The minimum atomic E-state index is 0.855. The Kier molecular flexibility index (Phi) is 35.2. The van der Waals surface area contributed by atoms with Crippen LogP contribution in [0.15, 0.2) is 82.8 Å². The van der Waals surface area contributed by atoms with Gasteiger partial charge in [0.05, 0.1) is 17.1 Å². The van der Waals surface area contributed by atoms with Gasteiger partial charge in [-0.3, -0.25) is 4.99 Å². The van der Waals surface area contributed by atoms with E-state index < -0.39 is 0 Å². The first kappa shape index (κ1) is 53.0. The smallest absolute Gasteiger partial charge is 0.135 e. The summed E-state index contributed by atoms with van der Waals surface area (Å²) in [5, 5.41) is 0. The number of unbranched alkanes of at least 4 members (excludes halogenated alkanes) is 25. The Hall–Kier alpha value is -3.18. The zero-order valence-corrected chi connectivity index (χ0v) is 39.9. The van der Waals surface area contributed by atoms with E-state index in [0.717, 1.165) is 99.8 Å². The Morgan fingerprint density at radius 2 is 0.800 bits per heavy atom. The van der Waals surface area contributed by atoms with E-state index >= 15 is 0 Å². The molecule has 0 atom stereocenters. The zero-order valence-electron chi connectivity index (χ0n) is 39.9. The highest BCUT2D eigenvalue weighted by molar-refractivity contribution is 6.49. The van der Waals surface area contributed by atoms with Crippen LogP contribution in [-0.2, 0) is 12.8 Å². The molecule has 0 amide bonds.